The lowest BCUT2D eigenvalue weighted by Gasteiger charge is -2.32. The number of piperidine rings is 1. The van der Waals surface area contributed by atoms with Crippen LogP contribution in [0.1, 0.15) is 19.8 Å². The molecule has 1 atom stereocenters. The van der Waals surface area contributed by atoms with Gasteiger partial charge in [0.15, 0.2) is 0 Å². The smallest absolute Gasteiger partial charge is 0.398 e. The van der Waals surface area contributed by atoms with Crippen LogP contribution in [0.2, 0.25) is 0 Å². The van der Waals surface area contributed by atoms with Gasteiger partial charge in [-0.2, -0.15) is 0 Å². The van der Waals surface area contributed by atoms with Crippen LogP contribution >= 0.6 is 0 Å². The van der Waals surface area contributed by atoms with Crippen molar-refractivity contribution in [1.29, 1.82) is 0 Å². The van der Waals surface area contributed by atoms with Gasteiger partial charge in [0, 0.05) is 7.11 Å². The van der Waals surface area contributed by atoms with Crippen LogP contribution in [0.15, 0.2) is 0 Å². The third kappa shape index (κ3) is 3.50. The van der Waals surface area contributed by atoms with Gasteiger partial charge in [-0.25, -0.2) is 0 Å². The summed E-state index contributed by atoms with van der Waals surface area (Å²) in [5, 5.41) is 0. The molecule has 0 saturated carbocycles. The molecule has 4 nitrogen and oxygen atoms in total. The number of rotatable bonds is 4. The van der Waals surface area contributed by atoms with E-state index in [2.05, 4.69) is 4.81 Å². The SMILES string of the molecule is CO[B]N1CCC(C(C)C(=O)OC)CC1. The van der Waals surface area contributed by atoms with E-state index in [4.69, 9.17) is 9.39 Å². The fourth-order valence-corrected chi connectivity index (χ4v) is 2.05. The van der Waals surface area contributed by atoms with Crippen molar-refractivity contribution in [3.05, 3.63) is 0 Å². The fraction of sp³-hybridized carbons (Fsp3) is 0.900. The third-order valence-electron chi connectivity index (χ3n) is 3.11. The Kier molecular flexibility index (Phi) is 5.12. The van der Waals surface area contributed by atoms with Crippen molar-refractivity contribution >= 4 is 13.6 Å². The summed E-state index contributed by atoms with van der Waals surface area (Å²) in [6.45, 7) is 3.87. The van der Waals surface area contributed by atoms with E-state index in [0.717, 1.165) is 25.9 Å². The number of esters is 1. The van der Waals surface area contributed by atoms with Crippen molar-refractivity contribution in [3.8, 4) is 0 Å². The topological polar surface area (TPSA) is 38.8 Å². The first-order valence-electron chi connectivity index (χ1n) is 5.37. The molecular formula is C10H19BNO3. The number of carbonyl (C=O) groups excluding carboxylic acids is 1. The van der Waals surface area contributed by atoms with Crippen LogP contribution in [0, 0.1) is 11.8 Å². The van der Waals surface area contributed by atoms with Crippen molar-refractivity contribution in [2.75, 3.05) is 27.3 Å². The minimum atomic E-state index is -0.0934. The van der Waals surface area contributed by atoms with Crippen molar-refractivity contribution in [2.45, 2.75) is 19.8 Å². The predicted octanol–water partition coefficient (Wildman–Crippen LogP) is 0.688. The molecule has 0 aromatic carbocycles. The molecule has 0 bridgehead atoms. The Hall–Kier alpha value is -0.545. The molecule has 0 aromatic heterocycles. The first kappa shape index (κ1) is 12.5. The molecule has 0 aromatic rings. The lowest BCUT2D eigenvalue weighted by molar-refractivity contribution is -0.147. The number of hydrogen-bond donors (Lipinski definition) is 0. The Balaban J connectivity index is 2.33. The second-order valence-corrected chi connectivity index (χ2v) is 4.03. The second-order valence-electron chi connectivity index (χ2n) is 4.03. The van der Waals surface area contributed by atoms with E-state index in [0.29, 0.717) is 5.92 Å². The standard InChI is InChI=1S/C10H19BNO3/c1-8(10(13)14-2)9-4-6-12(7-5-9)11-15-3/h8-9H,4-7H2,1-3H3. The van der Waals surface area contributed by atoms with Crippen LogP contribution in [0.3, 0.4) is 0 Å². The molecular weight excluding hydrogens is 193 g/mol. The van der Waals surface area contributed by atoms with Crippen LogP contribution in [0.25, 0.3) is 0 Å². The van der Waals surface area contributed by atoms with Crippen LogP contribution in [0.4, 0.5) is 0 Å². The van der Waals surface area contributed by atoms with Gasteiger partial charge in [0.2, 0.25) is 0 Å². The highest BCUT2D eigenvalue weighted by Gasteiger charge is 2.28. The van der Waals surface area contributed by atoms with Crippen LogP contribution in [-0.4, -0.2) is 45.7 Å². The van der Waals surface area contributed by atoms with E-state index in [1.165, 1.54) is 7.11 Å². The molecule has 85 valence electrons. The summed E-state index contributed by atoms with van der Waals surface area (Å²) in [7, 11) is 4.86. The molecule has 0 spiro atoms. The van der Waals surface area contributed by atoms with E-state index >= 15 is 0 Å². The van der Waals surface area contributed by atoms with Gasteiger partial charge in [0.05, 0.1) is 13.0 Å². The summed E-state index contributed by atoms with van der Waals surface area (Å²) < 4.78 is 9.71. The number of ether oxygens (including phenoxy) is 1. The molecule has 1 fully saturated rings. The zero-order valence-corrected chi connectivity index (χ0v) is 9.73. The second kappa shape index (κ2) is 6.13. The van der Waals surface area contributed by atoms with Crippen LogP contribution in [-0.2, 0) is 14.2 Å². The molecule has 1 aliphatic rings. The van der Waals surface area contributed by atoms with Crippen molar-refractivity contribution in [2.24, 2.45) is 11.8 Å². The van der Waals surface area contributed by atoms with Gasteiger partial charge >= 0.3 is 13.6 Å². The van der Waals surface area contributed by atoms with E-state index in [9.17, 15) is 4.79 Å². The largest absolute Gasteiger partial charge is 0.469 e. The minimum Gasteiger partial charge on any atom is -0.469 e. The average Bonchev–Trinajstić information content (AvgIpc) is 2.28. The van der Waals surface area contributed by atoms with Crippen LogP contribution in [0.5, 0.6) is 0 Å². The summed E-state index contributed by atoms with van der Waals surface area (Å²) >= 11 is 0. The Morgan fingerprint density at radius 2 is 2.00 bits per heavy atom. The number of methoxy groups -OCH3 is 1. The molecule has 1 heterocycles. The van der Waals surface area contributed by atoms with Gasteiger partial charge < -0.3 is 14.2 Å². The highest BCUT2D eigenvalue weighted by molar-refractivity contribution is 6.23. The fourth-order valence-electron chi connectivity index (χ4n) is 2.05. The molecule has 1 unspecified atom stereocenters. The van der Waals surface area contributed by atoms with Gasteiger partial charge in [-0.05, 0) is 31.8 Å². The zero-order valence-electron chi connectivity index (χ0n) is 9.73. The lowest BCUT2D eigenvalue weighted by Crippen LogP contribution is -2.40. The molecule has 1 aliphatic heterocycles. The third-order valence-corrected chi connectivity index (χ3v) is 3.11. The van der Waals surface area contributed by atoms with Crippen molar-refractivity contribution < 1.29 is 14.2 Å². The van der Waals surface area contributed by atoms with Gasteiger partial charge in [-0.15, -0.1) is 0 Å². The molecule has 15 heavy (non-hydrogen) atoms. The zero-order chi connectivity index (χ0) is 11.3. The van der Waals surface area contributed by atoms with E-state index in [1.54, 1.807) is 14.7 Å². The summed E-state index contributed by atoms with van der Waals surface area (Å²) in [6.07, 6.45) is 2.05. The number of hydrogen-bond acceptors (Lipinski definition) is 4. The maximum Gasteiger partial charge on any atom is 0.398 e. The van der Waals surface area contributed by atoms with E-state index in [1.807, 2.05) is 6.92 Å². The Bertz CT molecular complexity index is 205. The molecule has 0 amide bonds. The van der Waals surface area contributed by atoms with Gasteiger partial charge in [-0.1, -0.05) is 6.92 Å². The van der Waals surface area contributed by atoms with Crippen molar-refractivity contribution in [1.82, 2.24) is 4.81 Å². The Labute approximate surface area is 92.2 Å². The summed E-state index contributed by atoms with van der Waals surface area (Å²) in [4.78, 5) is 13.5. The van der Waals surface area contributed by atoms with Gasteiger partial charge in [0.25, 0.3) is 0 Å². The first-order valence-corrected chi connectivity index (χ1v) is 5.37. The molecule has 1 radical (unpaired) electrons. The molecule has 1 rings (SSSR count). The summed E-state index contributed by atoms with van der Waals surface area (Å²) in [6, 6.07) is 0. The highest BCUT2D eigenvalue weighted by atomic mass is 16.5. The maximum absolute atomic E-state index is 11.3. The predicted molar refractivity (Wildman–Crippen MR) is 58.2 cm³/mol. The number of nitrogens with zero attached hydrogens (tertiary/aromatic N) is 1. The molecule has 1 saturated heterocycles. The highest BCUT2D eigenvalue weighted by Crippen LogP contribution is 2.25. The quantitative estimate of drug-likeness (QED) is 0.507. The monoisotopic (exact) mass is 212 g/mol. The first-order chi connectivity index (χ1) is 7.19. The van der Waals surface area contributed by atoms with Crippen LogP contribution < -0.4 is 0 Å². The Morgan fingerprint density at radius 3 is 2.47 bits per heavy atom. The Morgan fingerprint density at radius 1 is 1.40 bits per heavy atom. The summed E-state index contributed by atoms with van der Waals surface area (Å²) in [5.41, 5.74) is 0. The molecule has 5 heteroatoms. The number of carbonyl (C=O) groups is 1. The molecule has 0 N–H and O–H groups in total. The minimum absolute atomic E-state index is 0.0136. The molecule has 0 aliphatic carbocycles. The maximum atomic E-state index is 11.3. The average molecular weight is 212 g/mol. The van der Waals surface area contributed by atoms with Gasteiger partial charge in [-0.3, -0.25) is 4.79 Å². The van der Waals surface area contributed by atoms with E-state index < -0.39 is 0 Å². The normalized spacial score (nSPS) is 21.0. The van der Waals surface area contributed by atoms with Gasteiger partial charge in [0.1, 0.15) is 0 Å². The lowest BCUT2D eigenvalue weighted by atomic mass is 9.84. The van der Waals surface area contributed by atoms with E-state index in [-0.39, 0.29) is 11.9 Å². The summed E-state index contributed by atoms with van der Waals surface area (Å²) in [5.74, 6) is 0.364. The van der Waals surface area contributed by atoms with Crippen molar-refractivity contribution in [3.63, 3.8) is 0 Å².